The van der Waals surface area contributed by atoms with Gasteiger partial charge < -0.3 is 0 Å². The van der Waals surface area contributed by atoms with Crippen molar-refractivity contribution in [3.63, 3.8) is 0 Å². The first-order chi connectivity index (χ1) is 4.24. The van der Waals surface area contributed by atoms with Gasteiger partial charge in [0.2, 0.25) is 0 Å². The maximum atomic E-state index is 5.72. The van der Waals surface area contributed by atoms with Crippen LogP contribution in [0, 0.1) is 0 Å². The number of hydrogen-bond donors (Lipinski definition) is 0. The highest BCUT2D eigenvalue weighted by Gasteiger charge is 2.01. The molecule has 0 unspecified atom stereocenters. The second-order valence-corrected chi connectivity index (χ2v) is 5.00. The normalized spacial score (nSPS) is 10.1. The number of rotatable bonds is 1. The van der Waals surface area contributed by atoms with Gasteiger partial charge in [0.25, 0.3) is 0 Å². The molecule has 0 saturated heterocycles. The van der Waals surface area contributed by atoms with Crippen LogP contribution >= 0.6 is 50.6 Å². The second-order valence-electron chi connectivity index (χ2n) is 1.39. The topological polar surface area (TPSA) is 0 Å². The summed E-state index contributed by atoms with van der Waals surface area (Å²) in [4.78, 5) is 0. The molecule has 0 saturated carbocycles. The Morgan fingerprint density at radius 3 is 2.67 bits per heavy atom. The highest BCUT2D eigenvalue weighted by atomic mass is 79.9. The van der Waals surface area contributed by atoms with Gasteiger partial charge in [0.05, 0.1) is 8.55 Å². The summed E-state index contributed by atoms with van der Waals surface area (Å²) in [6, 6.07) is 1.91. The molecule has 9 heavy (non-hydrogen) atoms. The van der Waals surface area contributed by atoms with Crippen LogP contribution in [-0.4, -0.2) is 6.26 Å². The SMILES string of the molecule is CSc1sc(Cl)cc1Br. The average Bonchev–Trinajstić information content (AvgIpc) is 2.10. The van der Waals surface area contributed by atoms with E-state index in [4.69, 9.17) is 11.6 Å². The van der Waals surface area contributed by atoms with Gasteiger partial charge in [-0.25, -0.2) is 0 Å². The molecule has 0 aliphatic carbocycles. The van der Waals surface area contributed by atoms with Crippen LogP contribution in [-0.2, 0) is 0 Å². The Kier molecular flexibility index (Phi) is 2.89. The van der Waals surface area contributed by atoms with Crippen LogP contribution in [0.1, 0.15) is 0 Å². The van der Waals surface area contributed by atoms with Crippen molar-refractivity contribution in [2.45, 2.75) is 4.21 Å². The van der Waals surface area contributed by atoms with E-state index < -0.39 is 0 Å². The van der Waals surface area contributed by atoms with E-state index in [1.54, 1.807) is 23.1 Å². The van der Waals surface area contributed by atoms with Gasteiger partial charge in [-0.05, 0) is 28.3 Å². The molecule has 0 spiro atoms. The molecule has 1 aromatic heterocycles. The van der Waals surface area contributed by atoms with Gasteiger partial charge in [0.15, 0.2) is 0 Å². The lowest BCUT2D eigenvalue weighted by Gasteiger charge is -1.85. The van der Waals surface area contributed by atoms with Gasteiger partial charge >= 0.3 is 0 Å². The predicted octanol–water partition coefficient (Wildman–Crippen LogP) is 3.89. The number of halogens is 2. The monoisotopic (exact) mass is 242 g/mol. The molecule has 0 amide bonds. The van der Waals surface area contributed by atoms with E-state index in [0.29, 0.717) is 0 Å². The first-order valence-electron chi connectivity index (χ1n) is 2.23. The highest BCUT2D eigenvalue weighted by molar-refractivity contribution is 9.10. The fourth-order valence-electron chi connectivity index (χ4n) is 0.464. The quantitative estimate of drug-likeness (QED) is 0.675. The van der Waals surface area contributed by atoms with Crippen LogP contribution < -0.4 is 0 Å². The van der Waals surface area contributed by atoms with Crippen molar-refractivity contribution < 1.29 is 0 Å². The molecule has 0 N–H and O–H groups in total. The minimum absolute atomic E-state index is 0.839. The number of hydrogen-bond acceptors (Lipinski definition) is 2. The summed E-state index contributed by atoms with van der Waals surface area (Å²) in [5, 5.41) is 0. The van der Waals surface area contributed by atoms with E-state index in [2.05, 4.69) is 15.9 Å². The Hall–Kier alpha value is 0.820. The van der Waals surface area contributed by atoms with Gasteiger partial charge in [0, 0.05) is 4.47 Å². The summed E-state index contributed by atoms with van der Waals surface area (Å²) in [5.41, 5.74) is 0. The van der Waals surface area contributed by atoms with Crippen molar-refractivity contribution in [1.82, 2.24) is 0 Å². The standard InChI is InChI=1S/C5H4BrClS2/c1-8-5-3(6)2-4(7)9-5/h2H,1H3. The molecule has 0 nitrogen and oxygen atoms in total. The van der Waals surface area contributed by atoms with Crippen molar-refractivity contribution in [3.8, 4) is 0 Å². The minimum atomic E-state index is 0.839. The first-order valence-corrected chi connectivity index (χ1v) is 5.44. The molecule has 1 aromatic rings. The van der Waals surface area contributed by atoms with Crippen LogP contribution in [0.3, 0.4) is 0 Å². The zero-order valence-corrected chi connectivity index (χ0v) is 8.62. The van der Waals surface area contributed by atoms with E-state index in [9.17, 15) is 0 Å². The summed E-state index contributed by atoms with van der Waals surface area (Å²) in [6.07, 6.45) is 2.03. The van der Waals surface area contributed by atoms with Crippen LogP contribution in [0.5, 0.6) is 0 Å². The van der Waals surface area contributed by atoms with Crippen LogP contribution in [0.15, 0.2) is 14.7 Å². The molecule has 0 bridgehead atoms. The van der Waals surface area contributed by atoms with Gasteiger partial charge in [-0.3, -0.25) is 0 Å². The smallest absolute Gasteiger partial charge is 0.0951 e. The molecule has 0 fully saturated rings. The Morgan fingerprint density at radius 2 is 2.44 bits per heavy atom. The minimum Gasteiger partial charge on any atom is -0.118 e. The third kappa shape index (κ3) is 1.87. The van der Waals surface area contributed by atoms with Crippen molar-refractivity contribution in [1.29, 1.82) is 0 Å². The third-order valence-corrected chi connectivity index (χ3v) is 4.36. The largest absolute Gasteiger partial charge is 0.118 e. The first kappa shape index (κ1) is 7.92. The van der Waals surface area contributed by atoms with E-state index in [-0.39, 0.29) is 0 Å². The molecular weight excluding hydrogens is 240 g/mol. The lowest BCUT2D eigenvalue weighted by atomic mass is 10.7. The van der Waals surface area contributed by atoms with Gasteiger partial charge in [0.1, 0.15) is 0 Å². The number of thiophene rings is 1. The lowest BCUT2D eigenvalue weighted by Crippen LogP contribution is -1.54. The molecule has 0 radical (unpaired) electrons. The lowest BCUT2D eigenvalue weighted by molar-refractivity contribution is 1.65. The third-order valence-electron chi connectivity index (χ3n) is 0.811. The summed E-state index contributed by atoms with van der Waals surface area (Å²) in [6.45, 7) is 0. The summed E-state index contributed by atoms with van der Waals surface area (Å²) < 4.78 is 3.18. The highest BCUT2D eigenvalue weighted by Crippen LogP contribution is 2.36. The Morgan fingerprint density at radius 1 is 1.78 bits per heavy atom. The molecule has 50 valence electrons. The van der Waals surface area contributed by atoms with E-state index in [1.807, 2.05) is 12.3 Å². The van der Waals surface area contributed by atoms with Crippen molar-refractivity contribution in [2.24, 2.45) is 0 Å². The van der Waals surface area contributed by atoms with Crippen LogP contribution in [0.2, 0.25) is 4.34 Å². The fourth-order valence-corrected chi connectivity index (χ4v) is 3.55. The zero-order chi connectivity index (χ0) is 6.85. The molecule has 1 rings (SSSR count). The van der Waals surface area contributed by atoms with Crippen LogP contribution in [0.4, 0.5) is 0 Å². The van der Waals surface area contributed by atoms with Crippen LogP contribution in [0.25, 0.3) is 0 Å². The second kappa shape index (κ2) is 3.28. The Labute approximate surface area is 75.7 Å². The molecular formula is C5H4BrClS2. The molecule has 0 aromatic carbocycles. The maximum Gasteiger partial charge on any atom is 0.0951 e. The van der Waals surface area contributed by atoms with Gasteiger partial charge in [-0.1, -0.05) is 11.6 Å². The number of thioether (sulfide) groups is 1. The van der Waals surface area contributed by atoms with Crippen molar-refractivity contribution >= 4 is 50.6 Å². The Bertz CT molecular complexity index is 209. The van der Waals surface area contributed by atoms with Crippen molar-refractivity contribution in [2.75, 3.05) is 6.26 Å². The summed E-state index contributed by atoms with van der Waals surface area (Å²) in [5.74, 6) is 0. The zero-order valence-electron chi connectivity index (χ0n) is 4.65. The average molecular weight is 244 g/mol. The molecule has 0 aliphatic heterocycles. The van der Waals surface area contributed by atoms with Crippen molar-refractivity contribution in [3.05, 3.63) is 14.9 Å². The van der Waals surface area contributed by atoms with Gasteiger partial charge in [-0.2, -0.15) is 0 Å². The maximum absolute atomic E-state index is 5.72. The predicted molar refractivity (Wildman–Crippen MR) is 48.8 cm³/mol. The van der Waals surface area contributed by atoms with E-state index in [0.717, 1.165) is 8.81 Å². The van der Waals surface area contributed by atoms with E-state index >= 15 is 0 Å². The molecule has 0 atom stereocenters. The molecule has 0 aliphatic rings. The molecule has 1 heterocycles. The summed E-state index contributed by atoms with van der Waals surface area (Å²) in [7, 11) is 0. The van der Waals surface area contributed by atoms with Gasteiger partial charge in [-0.15, -0.1) is 23.1 Å². The van der Waals surface area contributed by atoms with E-state index in [1.165, 1.54) is 4.21 Å². The fraction of sp³-hybridized carbons (Fsp3) is 0.200. The molecule has 4 heteroatoms. The Balaban J connectivity index is 3.01. The summed E-state index contributed by atoms with van der Waals surface area (Å²) >= 11 is 12.4.